The molecular formula is C17H19ClN2O5. The fourth-order valence-corrected chi connectivity index (χ4v) is 2.73. The molecule has 2 rings (SSSR count). The number of rotatable bonds is 7. The largest absolute Gasteiger partial charge is 0.493 e. The molecule has 2 aromatic rings. The molecular weight excluding hydrogens is 348 g/mol. The highest BCUT2D eigenvalue weighted by atomic mass is 35.5. The first kappa shape index (κ1) is 18.7. The third-order valence-electron chi connectivity index (χ3n) is 3.70. The molecule has 0 saturated carbocycles. The number of amides is 1. The van der Waals surface area contributed by atoms with Crippen molar-refractivity contribution in [3.63, 3.8) is 0 Å². The Labute approximate surface area is 150 Å². The SMILES string of the molecule is COc1ccc(C(CC(=O)O)NC(=O)c2cc(Cl)cn2C)cc1OC. The minimum absolute atomic E-state index is 0.278. The summed E-state index contributed by atoms with van der Waals surface area (Å²) in [6.07, 6.45) is 1.32. The number of methoxy groups -OCH3 is 2. The summed E-state index contributed by atoms with van der Waals surface area (Å²) in [5.41, 5.74) is 0.926. The van der Waals surface area contributed by atoms with Gasteiger partial charge in [0.05, 0.1) is 31.7 Å². The van der Waals surface area contributed by atoms with E-state index in [1.54, 1.807) is 36.0 Å². The maximum absolute atomic E-state index is 12.5. The van der Waals surface area contributed by atoms with Crippen LogP contribution in [0.3, 0.4) is 0 Å². The van der Waals surface area contributed by atoms with Crippen LogP contribution >= 0.6 is 11.6 Å². The zero-order chi connectivity index (χ0) is 18.6. The lowest BCUT2D eigenvalue weighted by atomic mass is 10.0. The second-order valence-electron chi connectivity index (χ2n) is 5.39. The summed E-state index contributed by atoms with van der Waals surface area (Å²) >= 11 is 5.90. The molecule has 0 aliphatic heterocycles. The van der Waals surface area contributed by atoms with E-state index in [9.17, 15) is 14.7 Å². The maximum atomic E-state index is 12.5. The number of benzene rings is 1. The number of carboxylic acid groups (broad SMARTS) is 1. The molecule has 0 bridgehead atoms. The second kappa shape index (κ2) is 7.94. The second-order valence-corrected chi connectivity index (χ2v) is 5.83. The summed E-state index contributed by atoms with van der Waals surface area (Å²) in [6.45, 7) is 0. The fourth-order valence-electron chi connectivity index (χ4n) is 2.48. The van der Waals surface area contributed by atoms with Gasteiger partial charge in [0.25, 0.3) is 5.91 Å². The Morgan fingerprint density at radius 3 is 2.44 bits per heavy atom. The molecule has 1 unspecified atom stereocenters. The molecule has 1 amide bonds. The number of halogens is 1. The number of carbonyl (C=O) groups is 2. The number of hydrogen-bond acceptors (Lipinski definition) is 4. The Balaban J connectivity index is 2.31. The van der Waals surface area contributed by atoms with Gasteiger partial charge in [-0.1, -0.05) is 17.7 Å². The van der Waals surface area contributed by atoms with Crippen LogP contribution in [0.15, 0.2) is 30.5 Å². The number of carboxylic acids is 1. The van der Waals surface area contributed by atoms with Crippen molar-refractivity contribution < 1.29 is 24.2 Å². The van der Waals surface area contributed by atoms with E-state index >= 15 is 0 Å². The molecule has 1 aromatic heterocycles. The van der Waals surface area contributed by atoms with E-state index in [0.717, 1.165) is 0 Å². The predicted molar refractivity (Wildman–Crippen MR) is 92.4 cm³/mol. The van der Waals surface area contributed by atoms with Gasteiger partial charge in [-0.15, -0.1) is 0 Å². The number of aryl methyl sites for hydroxylation is 1. The Morgan fingerprint density at radius 1 is 1.24 bits per heavy atom. The lowest BCUT2D eigenvalue weighted by Gasteiger charge is -2.19. The van der Waals surface area contributed by atoms with E-state index in [-0.39, 0.29) is 6.42 Å². The van der Waals surface area contributed by atoms with Crippen molar-refractivity contribution in [2.75, 3.05) is 14.2 Å². The van der Waals surface area contributed by atoms with Crippen molar-refractivity contribution >= 4 is 23.5 Å². The van der Waals surface area contributed by atoms with E-state index in [1.165, 1.54) is 20.3 Å². The number of aliphatic carboxylic acids is 1. The number of hydrogen-bond donors (Lipinski definition) is 2. The quantitative estimate of drug-likeness (QED) is 0.786. The smallest absolute Gasteiger partial charge is 0.305 e. The number of ether oxygens (including phenoxy) is 2. The van der Waals surface area contributed by atoms with Gasteiger partial charge in [0, 0.05) is 13.2 Å². The lowest BCUT2D eigenvalue weighted by molar-refractivity contribution is -0.137. The minimum atomic E-state index is -1.04. The van der Waals surface area contributed by atoms with Gasteiger partial charge in [0.15, 0.2) is 11.5 Å². The van der Waals surface area contributed by atoms with E-state index in [4.69, 9.17) is 21.1 Å². The van der Waals surface area contributed by atoms with Crippen LogP contribution in [0.1, 0.15) is 28.5 Å². The van der Waals surface area contributed by atoms with Crippen LogP contribution < -0.4 is 14.8 Å². The van der Waals surface area contributed by atoms with Gasteiger partial charge in [0.1, 0.15) is 5.69 Å². The highest BCUT2D eigenvalue weighted by Gasteiger charge is 2.22. The normalized spacial score (nSPS) is 11.7. The molecule has 0 saturated heterocycles. The highest BCUT2D eigenvalue weighted by molar-refractivity contribution is 6.31. The Morgan fingerprint density at radius 2 is 1.92 bits per heavy atom. The summed E-state index contributed by atoms with van der Waals surface area (Å²) in [5.74, 6) is -0.493. The van der Waals surface area contributed by atoms with Gasteiger partial charge in [-0.2, -0.15) is 0 Å². The summed E-state index contributed by atoms with van der Waals surface area (Å²) < 4.78 is 12.0. The summed E-state index contributed by atoms with van der Waals surface area (Å²) in [7, 11) is 4.68. The van der Waals surface area contributed by atoms with Gasteiger partial charge < -0.3 is 24.5 Å². The van der Waals surface area contributed by atoms with Gasteiger partial charge in [-0.3, -0.25) is 9.59 Å². The Bertz CT molecular complexity index is 787. The molecule has 8 heteroatoms. The van der Waals surface area contributed by atoms with Crippen molar-refractivity contribution in [2.45, 2.75) is 12.5 Å². The highest BCUT2D eigenvalue weighted by Crippen LogP contribution is 2.31. The van der Waals surface area contributed by atoms with Crippen LogP contribution in [0.5, 0.6) is 11.5 Å². The van der Waals surface area contributed by atoms with Gasteiger partial charge in [-0.25, -0.2) is 0 Å². The standard InChI is InChI=1S/C17H19ClN2O5/c1-20-9-11(18)7-13(20)17(23)19-12(8-16(21)22)10-4-5-14(24-2)15(6-10)25-3/h4-7,9,12H,8H2,1-3H3,(H,19,23)(H,21,22). The molecule has 0 aliphatic carbocycles. The average molecular weight is 367 g/mol. The molecule has 2 N–H and O–H groups in total. The number of nitrogens with zero attached hydrogens (tertiary/aromatic N) is 1. The lowest BCUT2D eigenvalue weighted by Crippen LogP contribution is -2.31. The van der Waals surface area contributed by atoms with Gasteiger partial charge >= 0.3 is 5.97 Å². The minimum Gasteiger partial charge on any atom is -0.493 e. The molecule has 0 spiro atoms. The van der Waals surface area contributed by atoms with Crippen molar-refractivity contribution in [1.82, 2.24) is 9.88 Å². The first-order valence-electron chi connectivity index (χ1n) is 7.42. The van der Waals surface area contributed by atoms with Crippen LogP contribution in [0.4, 0.5) is 0 Å². The molecule has 134 valence electrons. The summed E-state index contributed by atoms with van der Waals surface area (Å²) in [5, 5.41) is 12.3. The molecule has 0 fully saturated rings. The predicted octanol–water partition coefficient (Wildman–Crippen LogP) is 2.64. The molecule has 0 aliphatic rings. The summed E-state index contributed by atoms with van der Waals surface area (Å²) in [4.78, 5) is 23.7. The van der Waals surface area contributed by atoms with E-state index < -0.39 is 17.9 Å². The van der Waals surface area contributed by atoms with Gasteiger partial charge in [-0.05, 0) is 23.8 Å². The molecule has 1 atom stereocenters. The zero-order valence-corrected chi connectivity index (χ0v) is 14.8. The zero-order valence-electron chi connectivity index (χ0n) is 14.1. The summed E-state index contributed by atoms with van der Waals surface area (Å²) in [6, 6.07) is 5.77. The Kier molecular flexibility index (Phi) is 5.93. The van der Waals surface area contributed by atoms with Crippen LogP contribution in [-0.4, -0.2) is 35.8 Å². The third-order valence-corrected chi connectivity index (χ3v) is 3.90. The topological polar surface area (TPSA) is 89.8 Å². The van der Waals surface area contributed by atoms with E-state index in [1.807, 2.05) is 0 Å². The monoisotopic (exact) mass is 366 g/mol. The molecule has 1 aromatic carbocycles. The van der Waals surface area contributed by atoms with Crippen LogP contribution in [0, 0.1) is 0 Å². The number of nitrogens with one attached hydrogen (secondary N) is 1. The van der Waals surface area contributed by atoms with Crippen LogP contribution in [0.2, 0.25) is 5.02 Å². The fraction of sp³-hybridized carbons (Fsp3) is 0.294. The molecule has 1 heterocycles. The van der Waals surface area contributed by atoms with Gasteiger partial charge in [0.2, 0.25) is 0 Å². The van der Waals surface area contributed by atoms with Crippen molar-refractivity contribution in [1.29, 1.82) is 0 Å². The first-order valence-corrected chi connectivity index (χ1v) is 7.80. The van der Waals surface area contributed by atoms with E-state index in [2.05, 4.69) is 5.32 Å². The Hall–Kier alpha value is -2.67. The van der Waals surface area contributed by atoms with Crippen LogP contribution in [0.25, 0.3) is 0 Å². The van der Waals surface area contributed by atoms with Crippen molar-refractivity contribution in [3.05, 3.63) is 46.7 Å². The number of aromatic nitrogens is 1. The van der Waals surface area contributed by atoms with Crippen molar-refractivity contribution in [2.24, 2.45) is 7.05 Å². The third kappa shape index (κ3) is 4.45. The first-order chi connectivity index (χ1) is 11.8. The van der Waals surface area contributed by atoms with Crippen molar-refractivity contribution in [3.8, 4) is 11.5 Å². The van der Waals surface area contributed by atoms with Crippen LogP contribution in [-0.2, 0) is 11.8 Å². The van der Waals surface area contributed by atoms with E-state index in [0.29, 0.717) is 27.8 Å². The average Bonchev–Trinajstić information content (AvgIpc) is 2.91. The molecule has 7 nitrogen and oxygen atoms in total. The molecule has 25 heavy (non-hydrogen) atoms. The molecule has 0 radical (unpaired) electrons. The number of carbonyl (C=O) groups excluding carboxylic acids is 1. The maximum Gasteiger partial charge on any atom is 0.305 e.